The van der Waals surface area contributed by atoms with Gasteiger partial charge < -0.3 is 18.9 Å². The van der Waals surface area contributed by atoms with Crippen LogP contribution >= 0.6 is 0 Å². The van der Waals surface area contributed by atoms with Crippen molar-refractivity contribution in [2.24, 2.45) is 0 Å². The third-order valence-electron chi connectivity index (χ3n) is 6.00. The van der Waals surface area contributed by atoms with E-state index in [1.165, 1.54) is 24.3 Å². The number of amides is 2. The standard InChI is InChI=1S/C35H41N3O8/c1-34(2,3)45-32(41)37-31(36)38(33(42)46-35(4,5)6)27-19-17-26(18-20-27)30(40)44-28-21-15-24(16-22-28)13-10-14-29(39)43-23-25-11-8-7-9-12-25/h7-9,11-12,15-22H,10,13-14,23H2,1-6H3,(H2,36,37,41). The predicted molar refractivity (Wildman–Crippen MR) is 173 cm³/mol. The number of carbonyl (C=O) groups excluding carboxylic acids is 4. The molecule has 0 fully saturated rings. The molecule has 0 saturated heterocycles. The van der Waals surface area contributed by atoms with Crippen LogP contribution in [-0.2, 0) is 32.0 Å². The van der Waals surface area contributed by atoms with Crippen molar-refractivity contribution < 1.29 is 38.1 Å². The summed E-state index contributed by atoms with van der Waals surface area (Å²) >= 11 is 0. The normalized spacial score (nSPS) is 11.2. The predicted octanol–water partition coefficient (Wildman–Crippen LogP) is 7.17. The third kappa shape index (κ3) is 12.1. The summed E-state index contributed by atoms with van der Waals surface area (Å²) in [6, 6.07) is 22.2. The first-order valence-electron chi connectivity index (χ1n) is 14.8. The number of hydrogen-bond acceptors (Lipinski definition) is 9. The Bertz CT molecular complexity index is 1510. The molecule has 11 nitrogen and oxygen atoms in total. The van der Waals surface area contributed by atoms with Crippen molar-refractivity contribution in [2.45, 2.75) is 78.6 Å². The van der Waals surface area contributed by atoms with E-state index in [2.05, 4.69) is 5.32 Å². The molecule has 3 rings (SSSR count). The monoisotopic (exact) mass is 631 g/mol. The summed E-state index contributed by atoms with van der Waals surface area (Å²) in [5, 5.41) is 10.6. The zero-order chi connectivity index (χ0) is 33.9. The topological polar surface area (TPSA) is 144 Å². The van der Waals surface area contributed by atoms with E-state index in [9.17, 15) is 19.2 Å². The summed E-state index contributed by atoms with van der Waals surface area (Å²) in [6.45, 7) is 10.3. The van der Waals surface area contributed by atoms with Gasteiger partial charge in [0.05, 0.1) is 11.3 Å². The summed E-state index contributed by atoms with van der Waals surface area (Å²) in [5.74, 6) is -1.15. The highest BCUT2D eigenvalue weighted by Gasteiger charge is 2.29. The lowest BCUT2D eigenvalue weighted by molar-refractivity contribution is -0.145. The smallest absolute Gasteiger partial charge is 0.421 e. The van der Waals surface area contributed by atoms with Crippen LogP contribution in [0.1, 0.15) is 75.9 Å². The Morgan fingerprint density at radius 3 is 1.96 bits per heavy atom. The van der Waals surface area contributed by atoms with Crippen LogP contribution in [0.4, 0.5) is 15.3 Å². The largest absolute Gasteiger partial charge is 0.461 e. The minimum absolute atomic E-state index is 0.167. The number of anilines is 1. The van der Waals surface area contributed by atoms with Crippen LogP contribution in [-0.4, -0.2) is 41.3 Å². The van der Waals surface area contributed by atoms with Gasteiger partial charge in [0.1, 0.15) is 23.6 Å². The first-order chi connectivity index (χ1) is 21.6. The van der Waals surface area contributed by atoms with Crippen LogP contribution < -0.4 is 15.0 Å². The van der Waals surface area contributed by atoms with Crippen LogP contribution in [0.15, 0.2) is 78.9 Å². The van der Waals surface area contributed by atoms with E-state index in [4.69, 9.17) is 24.4 Å². The highest BCUT2D eigenvalue weighted by Crippen LogP contribution is 2.21. The number of ether oxygens (including phenoxy) is 4. The number of hydrogen-bond donors (Lipinski definition) is 2. The van der Waals surface area contributed by atoms with Gasteiger partial charge in [-0.25, -0.2) is 19.3 Å². The van der Waals surface area contributed by atoms with E-state index in [-0.39, 0.29) is 23.8 Å². The number of rotatable bonds is 9. The highest BCUT2D eigenvalue weighted by atomic mass is 16.6. The van der Waals surface area contributed by atoms with Crippen LogP contribution in [0, 0.1) is 5.41 Å². The summed E-state index contributed by atoms with van der Waals surface area (Å²) < 4.78 is 21.4. The first-order valence-corrected chi connectivity index (χ1v) is 14.8. The second-order valence-electron chi connectivity index (χ2n) is 12.4. The molecule has 0 saturated carbocycles. The number of aryl methyl sites for hydroxylation is 1. The Kier molecular flexibility index (Phi) is 12.0. The molecule has 0 aliphatic heterocycles. The van der Waals surface area contributed by atoms with Crippen molar-refractivity contribution in [1.82, 2.24) is 5.32 Å². The molecule has 0 atom stereocenters. The quantitative estimate of drug-likeness (QED) is 0.0831. The molecule has 0 bridgehead atoms. The van der Waals surface area contributed by atoms with Crippen LogP contribution in [0.5, 0.6) is 5.75 Å². The number of nitrogens with one attached hydrogen (secondary N) is 2. The second kappa shape index (κ2) is 15.7. The fourth-order valence-electron chi connectivity index (χ4n) is 3.97. The van der Waals surface area contributed by atoms with Gasteiger partial charge in [-0.2, -0.15) is 0 Å². The molecule has 0 aliphatic rings. The summed E-state index contributed by atoms with van der Waals surface area (Å²) in [7, 11) is 0. The van der Waals surface area contributed by atoms with Crippen molar-refractivity contribution in [3.63, 3.8) is 0 Å². The maximum atomic E-state index is 13.0. The average molecular weight is 632 g/mol. The lowest BCUT2D eigenvalue weighted by atomic mass is 10.1. The van der Waals surface area contributed by atoms with Gasteiger partial charge in [0.25, 0.3) is 0 Å². The van der Waals surface area contributed by atoms with Gasteiger partial charge in [-0.05, 0) is 102 Å². The Hall–Kier alpha value is -5.19. The number of guanidine groups is 1. The number of alkyl carbamates (subject to hydrolysis) is 1. The van der Waals surface area contributed by atoms with Crippen molar-refractivity contribution in [3.05, 3.63) is 95.6 Å². The van der Waals surface area contributed by atoms with E-state index < -0.39 is 35.3 Å². The number of carbonyl (C=O) groups is 4. The molecule has 2 amide bonds. The molecule has 3 aromatic rings. The van der Waals surface area contributed by atoms with Crippen molar-refractivity contribution in [2.75, 3.05) is 4.90 Å². The van der Waals surface area contributed by atoms with Gasteiger partial charge in [0.2, 0.25) is 5.96 Å². The zero-order valence-electron chi connectivity index (χ0n) is 27.0. The molecule has 11 heteroatoms. The lowest BCUT2D eigenvalue weighted by Gasteiger charge is -2.28. The Balaban J connectivity index is 1.57. The molecule has 0 unspecified atom stereocenters. The Labute approximate surface area is 269 Å². The van der Waals surface area contributed by atoms with Crippen LogP contribution in [0.2, 0.25) is 0 Å². The SMILES string of the molecule is CC(C)(C)OC(=O)NC(=N)N(C(=O)OC(C)(C)C)c1ccc(C(=O)Oc2ccc(CCCC(=O)OCc3ccccc3)cc2)cc1. The Morgan fingerprint density at radius 2 is 1.37 bits per heavy atom. The maximum absolute atomic E-state index is 13.0. The second-order valence-corrected chi connectivity index (χ2v) is 12.4. The third-order valence-corrected chi connectivity index (χ3v) is 6.00. The van der Waals surface area contributed by atoms with Crippen molar-refractivity contribution in [1.29, 1.82) is 5.41 Å². The molecule has 3 aromatic carbocycles. The van der Waals surface area contributed by atoms with Gasteiger partial charge >= 0.3 is 24.1 Å². The number of nitrogens with zero attached hydrogens (tertiary/aromatic N) is 1. The highest BCUT2D eigenvalue weighted by molar-refractivity contribution is 6.16. The summed E-state index contributed by atoms with van der Waals surface area (Å²) in [5.41, 5.74) is 0.576. The zero-order valence-corrected chi connectivity index (χ0v) is 27.0. The van der Waals surface area contributed by atoms with E-state index in [1.54, 1.807) is 53.7 Å². The molecule has 46 heavy (non-hydrogen) atoms. The van der Waals surface area contributed by atoms with Crippen molar-refractivity contribution in [3.8, 4) is 5.75 Å². The lowest BCUT2D eigenvalue weighted by Crippen LogP contribution is -2.49. The van der Waals surface area contributed by atoms with Gasteiger partial charge in [0.15, 0.2) is 0 Å². The summed E-state index contributed by atoms with van der Waals surface area (Å²) in [4.78, 5) is 51.0. The molecular weight excluding hydrogens is 590 g/mol. The fraction of sp³-hybridized carbons (Fsp3) is 0.343. The molecule has 0 heterocycles. The molecule has 2 N–H and O–H groups in total. The van der Waals surface area contributed by atoms with E-state index in [0.29, 0.717) is 25.0 Å². The molecule has 244 valence electrons. The minimum Gasteiger partial charge on any atom is -0.461 e. The fourth-order valence-corrected chi connectivity index (χ4v) is 3.97. The molecular formula is C35H41N3O8. The average Bonchev–Trinajstić information content (AvgIpc) is 2.96. The molecule has 0 aromatic heterocycles. The maximum Gasteiger partial charge on any atom is 0.421 e. The minimum atomic E-state index is -0.918. The number of benzene rings is 3. The van der Waals surface area contributed by atoms with Crippen molar-refractivity contribution >= 4 is 35.8 Å². The van der Waals surface area contributed by atoms with Gasteiger partial charge in [-0.15, -0.1) is 0 Å². The van der Waals surface area contributed by atoms with Gasteiger partial charge in [-0.1, -0.05) is 42.5 Å². The van der Waals surface area contributed by atoms with Crippen LogP contribution in [0.3, 0.4) is 0 Å². The molecule has 0 aliphatic carbocycles. The molecule has 0 radical (unpaired) electrons. The Morgan fingerprint density at radius 1 is 0.761 bits per heavy atom. The molecule has 0 spiro atoms. The van der Waals surface area contributed by atoms with E-state index in [1.807, 2.05) is 42.5 Å². The van der Waals surface area contributed by atoms with Gasteiger partial charge in [-0.3, -0.25) is 15.5 Å². The summed E-state index contributed by atoms with van der Waals surface area (Å²) in [6.07, 6.45) is -0.264. The number of esters is 2. The van der Waals surface area contributed by atoms with Crippen LogP contribution in [0.25, 0.3) is 0 Å². The van der Waals surface area contributed by atoms with E-state index in [0.717, 1.165) is 16.0 Å². The van der Waals surface area contributed by atoms with E-state index >= 15 is 0 Å². The first kappa shape index (κ1) is 35.3. The van der Waals surface area contributed by atoms with Gasteiger partial charge in [0, 0.05) is 6.42 Å².